The third-order valence-electron chi connectivity index (χ3n) is 3.28. The van der Waals surface area contributed by atoms with Crippen molar-refractivity contribution in [2.45, 2.75) is 33.6 Å². The number of benzene rings is 1. The van der Waals surface area contributed by atoms with Gasteiger partial charge in [-0.15, -0.1) is 0 Å². The van der Waals surface area contributed by atoms with Crippen LogP contribution >= 0.6 is 0 Å². The molecule has 0 bridgehead atoms. The Morgan fingerprint density at radius 3 is 2.55 bits per heavy atom. The first kappa shape index (κ1) is 16.0. The summed E-state index contributed by atoms with van der Waals surface area (Å²) in [6.45, 7) is 6.06. The Labute approximate surface area is 132 Å². The summed E-state index contributed by atoms with van der Waals surface area (Å²) in [4.78, 5) is 16.6. The van der Waals surface area contributed by atoms with E-state index in [1.807, 2.05) is 50.2 Å². The lowest BCUT2D eigenvalue weighted by Crippen LogP contribution is -2.13. The van der Waals surface area contributed by atoms with Crippen molar-refractivity contribution in [3.05, 3.63) is 64.9 Å². The monoisotopic (exact) mass is 294 g/mol. The third-order valence-corrected chi connectivity index (χ3v) is 3.28. The van der Waals surface area contributed by atoms with E-state index in [-0.39, 0.29) is 5.91 Å². The Morgan fingerprint density at radius 1 is 1.18 bits per heavy atom. The maximum absolute atomic E-state index is 12.2. The minimum Gasteiger partial charge on any atom is -0.307 e. The predicted molar refractivity (Wildman–Crippen MR) is 92.0 cm³/mol. The molecular weight excluding hydrogens is 272 g/mol. The van der Waals surface area contributed by atoms with Crippen LogP contribution in [0.2, 0.25) is 0 Å². The van der Waals surface area contributed by atoms with Gasteiger partial charge in [-0.1, -0.05) is 37.6 Å². The van der Waals surface area contributed by atoms with E-state index in [9.17, 15) is 4.79 Å². The van der Waals surface area contributed by atoms with Gasteiger partial charge in [0.2, 0.25) is 0 Å². The van der Waals surface area contributed by atoms with Crippen molar-refractivity contribution >= 4 is 17.8 Å². The van der Waals surface area contributed by atoms with Crippen LogP contribution in [0.3, 0.4) is 0 Å². The average Bonchev–Trinajstić information content (AvgIpc) is 2.47. The summed E-state index contributed by atoms with van der Waals surface area (Å²) in [5.41, 5.74) is 3.72. The fourth-order valence-electron chi connectivity index (χ4n) is 2.23. The molecule has 3 nitrogen and oxygen atoms in total. The van der Waals surface area contributed by atoms with Gasteiger partial charge in [-0.25, -0.2) is 4.98 Å². The van der Waals surface area contributed by atoms with Crippen molar-refractivity contribution in [3.63, 3.8) is 0 Å². The van der Waals surface area contributed by atoms with Crippen LogP contribution in [0.15, 0.2) is 42.5 Å². The zero-order chi connectivity index (χ0) is 15.9. The van der Waals surface area contributed by atoms with Crippen molar-refractivity contribution < 1.29 is 4.79 Å². The fourth-order valence-corrected chi connectivity index (χ4v) is 2.23. The van der Waals surface area contributed by atoms with E-state index in [4.69, 9.17) is 0 Å². The number of amides is 1. The van der Waals surface area contributed by atoms with E-state index in [2.05, 4.69) is 29.4 Å². The highest BCUT2D eigenvalue weighted by Gasteiger charge is 2.07. The lowest BCUT2D eigenvalue weighted by atomic mass is 10.1. The minimum atomic E-state index is -0.137. The molecule has 22 heavy (non-hydrogen) atoms. The number of nitrogens with one attached hydrogen (secondary N) is 1. The van der Waals surface area contributed by atoms with E-state index in [1.54, 1.807) is 0 Å². The Hall–Kier alpha value is -2.42. The van der Waals surface area contributed by atoms with Crippen LogP contribution in [0, 0.1) is 13.8 Å². The maximum atomic E-state index is 12.2. The Morgan fingerprint density at radius 2 is 1.91 bits per heavy atom. The molecule has 0 saturated carbocycles. The topological polar surface area (TPSA) is 42.0 Å². The number of carbonyl (C=O) groups is 1. The molecule has 2 rings (SSSR count). The van der Waals surface area contributed by atoms with Gasteiger partial charge >= 0.3 is 0 Å². The molecule has 0 spiro atoms. The summed E-state index contributed by atoms with van der Waals surface area (Å²) in [7, 11) is 0. The summed E-state index contributed by atoms with van der Waals surface area (Å²) in [6, 6.07) is 11.4. The van der Waals surface area contributed by atoms with Gasteiger partial charge in [0.25, 0.3) is 5.91 Å². The molecule has 0 radical (unpaired) electrons. The summed E-state index contributed by atoms with van der Waals surface area (Å²) >= 11 is 0. The zero-order valence-electron chi connectivity index (χ0n) is 13.4. The van der Waals surface area contributed by atoms with E-state index in [1.165, 1.54) is 0 Å². The van der Waals surface area contributed by atoms with Gasteiger partial charge in [-0.3, -0.25) is 4.79 Å². The summed E-state index contributed by atoms with van der Waals surface area (Å²) in [6.07, 6.45) is 6.44. The van der Waals surface area contributed by atoms with Crippen LogP contribution in [-0.2, 0) is 0 Å². The number of aryl methyl sites for hydroxylation is 2. The molecule has 0 aliphatic rings. The Balaban J connectivity index is 2.06. The molecular formula is C19H22N2O. The van der Waals surface area contributed by atoms with Crippen molar-refractivity contribution in [2.24, 2.45) is 0 Å². The number of nitrogens with zero attached hydrogens (tertiary/aromatic N) is 1. The van der Waals surface area contributed by atoms with Crippen LogP contribution in [0.5, 0.6) is 0 Å². The lowest BCUT2D eigenvalue weighted by Gasteiger charge is -2.07. The normalized spacial score (nSPS) is 10.9. The Bertz CT molecular complexity index is 652. The quantitative estimate of drug-likeness (QED) is 0.863. The van der Waals surface area contributed by atoms with Crippen molar-refractivity contribution in [1.29, 1.82) is 0 Å². The second-order valence-corrected chi connectivity index (χ2v) is 5.44. The van der Waals surface area contributed by atoms with Gasteiger partial charge in [0.15, 0.2) is 0 Å². The van der Waals surface area contributed by atoms with Gasteiger partial charge in [-0.05, 0) is 55.7 Å². The number of hydrogen-bond donors (Lipinski definition) is 1. The fraction of sp³-hybridized carbons (Fsp3) is 0.263. The van der Waals surface area contributed by atoms with E-state index in [0.717, 1.165) is 29.7 Å². The largest absolute Gasteiger partial charge is 0.307 e. The highest BCUT2D eigenvalue weighted by atomic mass is 16.1. The first-order valence-corrected chi connectivity index (χ1v) is 7.61. The van der Waals surface area contributed by atoms with Gasteiger partial charge in [0.05, 0.1) is 0 Å². The molecule has 1 aromatic heterocycles. The van der Waals surface area contributed by atoms with Gasteiger partial charge in [-0.2, -0.15) is 0 Å². The van der Waals surface area contributed by atoms with Crippen LogP contribution in [-0.4, -0.2) is 10.9 Å². The second kappa shape index (κ2) is 7.55. The molecule has 1 heterocycles. The van der Waals surface area contributed by atoms with E-state index >= 15 is 0 Å². The summed E-state index contributed by atoms with van der Waals surface area (Å²) in [5, 5.41) is 2.84. The van der Waals surface area contributed by atoms with Crippen LogP contribution in [0.4, 0.5) is 5.82 Å². The molecule has 114 valence electrons. The third kappa shape index (κ3) is 4.55. The molecule has 0 atom stereocenters. The predicted octanol–water partition coefficient (Wildman–Crippen LogP) is 4.76. The highest BCUT2D eigenvalue weighted by Crippen LogP contribution is 2.12. The van der Waals surface area contributed by atoms with Crippen molar-refractivity contribution in [2.75, 3.05) is 5.32 Å². The number of rotatable bonds is 5. The summed E-state index contributed by atoms with van der Waals surface area (Å²) < 4.78 is 0. The molecule has 2 aromatic rings. The minimum absolute atomic E-state index is 0.137. The molecule has 0 fully saturated rings. The maximum Gasteiger partial charge on any atom is 0.256 e. The molecule has 0 aliphatic carbocycles. The number of hydrogen-bond acceptors (Lipinski definition) is 2. The summed E-state index contributed by atoms with van der Waals surface area (Å²) in [5.74, 6) is 0.455. The first-order chi connectivity index (χ1) is 10.6. The molecule has 1 amide bonds. The smallest absolute Gasteiger partial charge is 0.256 e. The van der Waals surface area contributed by atoms with Gasteiger partial charge < -0.3 is 5.32 Å². The van der Waals surface area contributed by atoms with Gasteiger partial charge in [0, 0.05) is 11.3 Å². The van der Waals surface area contributed by atoms with Crippen molar-refractivity contribution in [3.8, 4) is 0 Å². The number of pyridine rings is 1. The number of anilines is 1. The number of carbonyl (C=O) groups excluding carboxylic acids is 1. The molecule has 0 aliphatic heterocycles. The number of allylic oxidation sites excluding steroid dienone is 1. The molecule has 3 heteroatoms. The molecule has 0 unspecified atom stereocenters. The Kier molecular flexibility index (Phi) is 5.48. The number of aromatic nitrogens is 1. The average molecular weight is 294 g/mol. The molecule has 0 saturated heterocycles. The SMILES string of the molecule is CCCC=Cc1ccc(C(=O)Nc2cc(C)cc(C)n2)cc1. The molecule has 1 aromatic carbocycles. The molecule has 1 N–H and O–H groups in total. The first-order valence-electron chi connectivity index (χ1n) is 7.61. The van der Waals surface area contributed by atoms with E-state index < -0.39 is 0 Å². The second-order valence-electron chi connectivity index (χ2n) is 5.44. The van der Waals surface area contributed by atoms with Crippen LogP contribution in [0.1, 0.15) is 46.9 Å². The number of unbranched alkanes of at least 4 members (excludes halogenated alkanes) is 1. The van der Waals surface area contributed by atoms with Crippen LogP contribution in [0.25, 0.3) is 6.08 Å². The lowest BCUT2D eigenvalue weighted by molar-refractivity contribution is 0.102. The highest BCUT2D eigenvalue weighted by molar-refractivity contribution is 6.03. The van der Waals surface area contributed by atoms with Crippen LogP contribution < -0.4 is 5.32 Å². The van der Waals surface area contributed by atoms with E-state index in [0.29, 0.717) is 11.4 Å². The standard InChI is InChI=1S/C19H22N2O/c1-4-5-6-7-16-8-10-17(11-9-16)19(22)21-18-13-14(2)12-15(3)20-18/h6-13H,4-5H2,1-3H3,(H,20,21,22). The zero-order valence-corrected chi connectivity index (χ0v) is 13.4. The van der Waals surface area contributed by atoms with Crippen molar-refractivity contribution in [1.82, 2.24) is 4.98 Å². The van der Waals surface area contributed by atoms with Gasteiger partial charge in [0.1, 0.15) is 5.82 Å².